The monoisotopic (exact) mass is 272 g/mol. The molecule has 7 heteroatoms. The molecule has 0 saturated carbocycles. The van der Waals surface area contributed by atoms with Crippen molar-refractivity contribution < 1.29 is 26.7 Å². The van der Waals surface area contributed by atoms with Crippen LogP contribution in [-0.4, -0.2) is 5.78 Å². The molecule has 94 valence electrons. The van der Waals surface area contributed by atoms with Crippen molar-refractivity contribution in [3.05, 3.63) is 33.8 Å². The lowest BCUT2D eigenvalue weighted by atomic mass is 10.0. The third-order valence-electron chi connectivity index (χ3n) is 2.06. The molecule has 0 aliphatic carbocycles. The van der Waals surface area contributed by atoms with Gasteiger partial charge in [0.1, 0.15) is 0 Å². The molecule has 1 rings (SSSR count). The average molecular weight is 273 g/mol. The van der Waals surface area contributed by atoms with Crippen LogP contribution in [0.2, 0.25) is 5.02 Å². The van der Waals surface area contributed by atoms with Gasteiger partial charge in [0.15, 0.2) is 5.78 Å². The molecule has 0 saturated heterocycles. The minimum absolute atomic E-state index is 0.347. The first-order chi connectivity index (χ1) is 7.64. The summed E-state index contributed by atoms with van der Waals surface area (Å²) in [6, 6.07) is 0.831. The largest absolute Gasteiger partial charge is 0.416 e. The van der Waals surface area contributed by atoms with E-state index in [-0.39, 0.29) is 5.56 Å². The third kappa shape index (κ3) is 2.94. The van der Waals surface area contributed by atoms with E-state index in [1.54, 1.807) is 0 Å². The van der Waals surface area contributed by atoms with Gasteiger partial charge in [-0.2, -0.15) is 13.2 Å². The van der Waals surface area contributed by atoms with Crippen LogP contribution in [0.1, 0.15) is 34.8 Å². The normalized spacial score (nSPS) is 12.0. The van der Waals surface area contributed by atoms with Crippen LogP contribution in [0.3, 0.4) is 0 Å². The summed E-state index contributed by atoms with van der Waals surface area (Å²) in [6.07, 6.45) is -8.27. The highest BCUT2D eigenvalue weighted by atomic mass is 35.5. The Balaban J connectivity index is 3.53. The maximum atomic E-state index is 12.5. The summed E-state index contributed by atoms with van der Waals surface area (Å²) >= 11 is 5.44. The van der Waals surface area contributed by atoms with Crippen molar-refractivity contribution in [2.24, 2.45) is 0 Å². The number of halogens is 6. The van der Waals surface area contributed by atoms with Crippen LogP contribution in [0.5, 0.6) is 0 Å². The Labute approximate surface area is 98.2 Å². The lowest BCUT2D eigenvalue weighted by Crippen LogP contribution is -2.11. The summed E-state index contributed by atoms with van der Waals surface area (Å²) in [5.41, 5.74) is -3.12. The Hall–Kier alpha value is -1.17. The van der Waals surface area contributed by atoms with Crippen LogP contribution < -0.4 is 0 Å². The Morgan fingerprint density at radius 2 is 1.82 bits per heavy atom. The number of carbonyl (C=O) groups is 1. The maximum absolute atomic E-state index is 12.5. The lowest BCUT2D eigenvalue weighted by Gasteiger charge is -2.14. The van der Waals surface area contributed by atoms with E-state index in [9.17, 15) is 26.7 Å². The second-order valence-corrected chi connectivity index (χ2v) is 3.68. The molecule has 0 fully saturated rings. The van der Waals surface area contributed by atoms with Gasteiger partial charge in [-0.25, -0.2) is 8.78 Å². The van der Waals surface area contributed by atoms with Gasteiger partial charge in [-0.3, -0.25) is 4.79 Å². The summed E-state index contributed by atoms with van der Waals surface area (Å²) in [4.78, 5) is 11.0. The Morgan fingerprint density at radius 3 is 2.18 bits per heavy atom. The van der Waals surface area contributed by atoms with Crippen LogP contribution in [0.4, 0.5) is 22.0 Å². The first kappa shape index (κ1) is 13.9. The van der Waals surface area contributed by atoms with Gasteiger partial charge in [0.05, 0.1) is 10.6 Å². The zero-order valence-electron chi connectivity index (χ0n) is 8.41. The smallest absolute Gasteiger partial charge is 0.294 e. The molecule has 0 unspecified atom stereocenters. The molecule has 1 aromatic carbocycles. The summed E-state index contributed by atoms with van der Waals surface area (Å²) in [7, 11) is 0. The topological polar surface area (TPSA) is 17.1 Å². The van der Waals surface area contributed by atoms with E-state index in [0.717, 1.165) is 6.92 Å². The molecule has 0 spiro atoms. The van der Waals surface area contributed by atoms with Crippen molar-refractivity contribution in [1.82, 2.24) is 0 Å². The molecule has 0 aliphatic rings. The molecule has 0 heterocycles. The van der Waals surface area contributed by atoms with Crippen molar-refractivity contribution in [3.8, 4) is 0 Å². The van der Waals surface area contributed by atoms with Crippen LogP contribution in [-0.2, 0) is 6.18 Å². The predicted molar refractivity (Wildman–Crippen MR) is 51.4 cm³/mol. The first-order valence-electron chi connectivity index (χ1n) is 4.34. The number of alkyl halides is 5. The van der Waals surface area contributed by atoms with Gasteiger partial charge in [-0.15, -0.1) is 0 Å². The molecule has 0 N–H and O–H groups in total. The first-order valence-corrected chi connectivity index (χ1v) is 4.72. The third-order valence-corrected chi connectivity index (χ3v) is 2.37. The van der Waals surface area contributed by atoms with Gasteiger partial charge in [-0.1, -0.05) is 11.6 Å². The fourth-order valence-corrected chi connectivity index (χ4v) is 1.58. The van der Waals surface area contributed by atoms with Crippen LogP contribution in [0.25, 0.3) is 0 Å². The van der Waals surface area contributed by atoms with Crippen molar-refractivity contribution in [3.63, 3.8) is 0 Å². The van der Waals surface area contributed by atoms with Gasteiger partial charge in [0, 0.05) is 11.1 Å². The summed E-state index contributed by atoms with van der Waals surface area (Å²) < 4.78 is 62.3. The molecule has 0 atom stereocenters. The summed E-state index contributed by atoms with van der Waals surface area (Å²) in [5.74, 6) is -0.675. The highest BCUT2D eigenvalue weighted by molar-refractivity contribution is 6.34. The molecule has 0 aromatic heterocycles. The van der Waals surface area contributed by atoms with Crippen molar-refractivity contribution >= 4 is 17.4 Å². The molecular formula is C10H6ClF5O. The number of hydrogen-bond donors (Lipinski definition) is 0. The van der Waals surface area contributed by atoms with E-state index < -0.39 is 34.5 Å². The SMILES string of the molecule is CC(=O)c1cc(C(F)F)c(C(F)(F)F)cc1Cl. The quantitative estimate of drug-likeness (QED) is 0.572. The van der Waals surface area contributed by atoms with Gasteiger partial charge in [0.2, 0.25) is 0 Å². The Kier molecular flexibility index (Phi) is 3.76. The van der Waals surface area contributed by atoms with E-state index in [1.807, 2.05) is 0 Å². The van der Waals surface area contributed by atoms with Crippen LogP contribution >= 0.6 is 11.6 Å². The van der Waals surface area contributed by atoms with Crippen molar-refractivity contribution in [1.29, 1.82) is 0 Å². The second-order valence-electron chi connectivity index (χ2n) is 3.27. The molecule has 1 nitrogen and oxygen atoms in total. The highest BCUT2D eigenvalue weighted by Crippen LogP contribution is 2.39. The van der Waals surface area contributed by atoms with Crippen LogP contribution in [0, 0.1) is 0 Å². The standard InChI is InChI=1S/C10H6ClF5O/c1-4(17)5-2-6(9(12)13)7(3-8(5)11)10(14,15)16/h2-3,9H,1H3. The Morgan fingerprint density at radius 1 is 1.29 bits per heavy atom. The molecule has 0 bridgehead atoms. The van der Waals surface area contributed by atoms with Gasteiger partial charge >= 0.3 is 6.18 Å². The number of benzene rings is 1. The minimum atomic E-state index is -4.94. The Bertz CT molecular complexity index is 453. The van der Waals surface area contributed by atoms with Gasteiger partial charge in [0.25, 0.3) is 6.43 Å². The van der Waals surface area contributed by atoms with E-state index >= 15 is 0 Å². The number of hydrogen-bond acceptors (Lipinski definition) is 1. The zero-order chi connectivity index (χ0) is 13.4. The zero-order valence-corrected chi connectivity index (χ0v) is 9.16. The predicted octanol–water partition coefficient (Wildman–Crippen LogP) is 4.50. The number of Topliss-reactive ketones (excluding diaryl/α,β-unsaturated/α-hetero) is 1. The van der Waals surface area contributed by atoms with Gasteiger partial charge < -0.3 is 0 Å². The second kappa shape index (κ2) is 4.60. The molecule has 17 heavy (non-hydrogen) atoms. The average Bonchev–Trinajstić information content (AvgIpc) is 2.14. The van der Waals surface area contributed by atoms with Crippen molar-refractivity contribution in [2.75, 3.05) is 0 Å². The molecule has 1 aromatic rings. The highest BCUT2D eigenvalue weighted by Gasteiger charge is 2.36. The fourth-order valence-electron chi connectivity index (χ4n) is 1.29. The number of rotatable bonds is 2. The molecule has 0 aliphatic heterocycles. The maximum Gasteiger partial charge on any atom is 0.416 e. The van der Waals surface area contributed by atoms with Crippen LogP contribution in [0.15, 0.2) is 12.1 Å². The number of carbonyl (C=O) groups excluding carboxylic acids is 1. The molecule has 0 amide bonds. The van der Waals surface area contributed by atoms with Gasteiger partial charge in [-0.05, 0) is 19.1 Å². The molecular weight excluding hydrogens is 267 g/mol. The fraction of sp³-hybridized carbons (Fsp3) is 0.300. The van der Waals surface area contributed by atoms with E-state index in [1.165, 1.54) is 0 Å². The van der Waals surface area contributed by atoms with Crippen molar-refractivity contribution in [2.45, 2.75) is 19.5 Å². The molecule has 0 radical (unpaired) electrons. The van der Waals surface area contributed by atoms with E-state index in [0.29, 0.717) is 12.1 Å². The number of ketones is 1. The van der Waals surface area contributed by atoms with E-state index in [2.05, 4.69) is 0 Å². The lowest BCUT2D eigenvalue weighted by molar-refractivity contribution is -0.139. The minimum Gasteiger partial charge on any atom is -0.294 e. The summed E-state index contributed by atoms with van der Waals surface area (Å²) in [5, 5.41) is -0.491. The van der Waals surface area contributed by atoms with E-state index in [4.69, 9.17) is 11.6 Å². The summed E-state index contributed by atoms with van der Waals surface area (Å²) in [6.45, 7) is 1.03.